The van der Waals surface area contributed by atoms with Gasteiger partial charge in [-0.15, -0.1) is 0 Å². The van der Waals surface area contributed by atoms with E-state index in [-0.39, 0.29) is 5.54 Å². The Hall–Kier alpha value is -4.82. The standard InChI is InChI=1S/C45H42N2/c1-45(2,3)47-43-15-8-7-13-39(43)40-25-24-37(29-44(40)47)46(35-21-18-33(19-22-35)41-27-30-16-17-34(41)26-30)36-23-20-32-12-9-14-38(42(32)28-36)31-10-5-4-6-11-31/h4-15,18-25,28-30,34,41H,16-17,26-27H2,1-3H3. The molecule has 2 bridgehead atoms. The van der Waals surface area contributed by atoms with Crippen molar-refractivity contribution in [2.45, 2.75) is 57.9 Å². The summed E-state index contributed by atoms with van der Waals surface area (Å²) < 4.78 is 2.52. The van der Waals surface area contributed by atoms with Crippen LogP contribution < -0.4 is 4.90 Å². The first-order valence-electron chi connectivity index (χ1n) is 17.4. The van der Waals surface area contributed by atoms with Gasteiger partial charge < -0.3 is 9.47 Å². The Labute approximate surface area is 278 Å². The first kappa shape index (κ1) is 28.4. The van der Waals surface area contributed by atoms with Crippen LogP contribution in [-0.2, 0) is 5.54 Å². The van der Waals surface area contributed by atoms with Crippen LogP contribution in [0.5, 0.6) is 0 Å². The van der Waals surface area contributed by atoms with Crippen molar-refractivity contribution in [2.75, 3.05) is 4.90 Å². The third-order valence-electron chi connectivity index (χ3n) is 11.1. The molecule has 0 saturated heterocycles. The topological polar surface area (TPSA) is 8.17 Å². The maximum absolute atomic E-state index is 2.52. The van der Waals surface area contributed by atoms with Crippen molar-refractivity contribution in [2.24, 2.45) is 11.8 Å². The summed E-state index contributed by atoms with van der Waals surface area (Å²) in [6.45, 7) is 6.94. The second-order valence-electron chi connectivity index (χ2n) is 15.0. The molecule has 0 spiro atoms. The minimum absolute atomic E-state index is 0.0688. The van der Waals surface area contributed by atoms with E-state index in [0.717, 1.165) is 17.8 Å². The van der Waals surface area contributed by atoms with Gasteiger partial charge >= 0.3 is 0 Å². The summed E-state index contributed by atoms with van der Waals surface area (Å²) in [5, 5.41) is 5.13. The highest BCUT2D eigenvalue weighted by Gasteiger charge is 2.40. The fraction of sp³-hybridized carbons (Fsp3) is 0.244. The molecule has 3 unspecified atom stereocenters. The maximum Gasteiger partial charge on any atom is 0.0517 e. The average Bonchev–Trinajstić information content (AvgIpc) is 3.82. The third-order valence-corrected chi connectivity index (χ3v) is 11.1. The van der Waals surface area contributed by atoms with Crippen molar-refractivity contribution in [3.63, 3.8) is 0 Å². The molecule has 2 nitrogen and oxygen atoms in total. The van der Waals surface area contributed by atoms with Gasteiger partial charge in [0.15, 0.2) is 0 Å². The smallest absolute Gasteiger partial charge is 0.0517 e. The highest BCUT2D eigenvalue weighted by molar-refractivity contribution is 6.09. The van der Waals surface area contributed by atoms with E-state index in [1.165, 1.54) is 92.0 Å². The van der Waals surface area contributed by atoms with Crippen molar-refractivity contribution in [3.8, 4) is 11.1 Å². The number of nitrogens with zero attached hydrogens (tertiary/aromatic N) is 2. The molecule has 3 atom stereocenters. The molecule has 9 rings (SSSR count). The van der Waals surface area contributed by atoms with Crippen molar-refractivity contribution in [1.29, 1.82) is 0 Å². The summed E-state index contributed by atoms with van der Waals surface area (Å²) in [5.41, 5.74) is 10.1. The zero-order valence-corrected chi connectivity index (χ0v) is 27.7. The van der Waals surface area contributed by atoms with Crippen LogP contribution in [0.25, 0.3) is 43.7 Å². The first-order chi connectivity index (χ1) is 22.9. The predicted molar refractivity (Wildman–Crippen MR) is 200 cm³/mol. The molecule has 0 amide bonds. The van der Waals surface area contributed by atoms with E-state index in [2.05, 4.69) is 164 Å². The molecule has 2 fully saturated rings. The summed E-state index contributed by atoms with van der Waals surface area (Å²) in [7, 11) is 0. The van der Waals surface area contributed by atoms with E-state index >= 15 is 0 Å². The minimum Gasteiger partial charge on any atom is -0.335 e. The fourth-order valence-corrected chi connectivity index (χ4v) is 9.06. The van der Waals surface area contributed by atoms with Crippen LogP contribution in [0, 0.1) is 11.8 Å². The highest BCUT2D eigenvalue weighted by atomic mass is 15.1. The molecule has 0 radical (unpaired) electrons. The number of fused-ring (bicyclic) bond motifs is 6. The van der Waals surface area contributed by atoms with Gasteiger partial charge in [-0.2, -0.15) is 0 Å². The predicted octanol–water partition coefficient (Wildman–Crippen LogP) is 12.7. The zero-order valence-electron chi connectivity index (χ0n) is 27.7. The molecule has 7 aromatic rings. The maximum atomic E-state index is 2.52. The van der Waals surface area contributed by atoms with E-state index in [0.29, 0.717) is 0 Å². The molecule has 232 valence electrons. The number of hydrogen-bond donors (Lipinski definition) is 0. The van der Waals surface area contributed by atoms with Crippen LogP contribution in [0.3, 0.4) is 0 Å². The molecular weight excluding hydrogens is 569 g/mol. The van der Waals surface area contributed by atoms with Crippen LogP contribution in [-0.4, -0.2) is 4.57 Å². The van der Waals surface area contributed by atoms with Crippen LogP contribution in [0.2, 0.25) is 0 Å². The van der Waals surface area contributed by atoms with E-state index in [4.69, 9.17) is 0 Å². The lowest BCUT2D eigenvalue weighted by molar-refractivity contribution is 0.420. The summed E-state index contributed by atoms with van der Waals surface area (Å²) in [5.74, 6) is 2.55. The average molecular weight is 611 g/mol. The molecule has 2 aliphatic carbocycles. The lowest BCUT2D eigenvalue weighted by Gasteiger charge is -2.28. The van der Waals surface area contributed by atoms with Gasteiger partial charge in [0, 0.05) is 38.9 Å². The molecule has 2 aliphatic rings. The van der Waals surface area contributed by atoms with Crippen molar-refractivity contribution in [3.05, 3.63) is 139 Å². The van der Waals surface area contributed by atoms with Gasteiger partial charge in [0.2, 0.25) is 0 Å². The summed E-state index contributed by atoms with van der Waals surface area (Å²) in [6.07, 6.45) is 5.65. The van der Waals surface area contributed by atoms with E-state index in [1.807, 2.05) is 0 Å². The van der Waals surface area contributed by atoms with Crippen molar-refractivity contribution >= 4 is 49.6 Å². The Balaban J connectivity index is 1.24. The third kappa shape index (κ3) is 4.76. The molecule has 6 aromatic carbocycles. The van der Waals surface area contributed by atoms with Gasteiger partial charge in [-0.05, 0) is 128 Å². The Bertz CT molecular complexity index is 2250. The Morgan fingerprint density at radius 2 is 1.30 bits per heavy atom. The molecule has 2 saturated carbocycles. The molecular formula is C45H42N2. The molecule has 0 N–H and O–H groups in total. The quantitative estimate of drug-likeness (QED) is 0.188. The molecule has 47 heavy (non-hydrogen) atoms. The number of anilines is 3. The van der Waals surface area contributed by atoms with Crippen molar-refractivity contribution < 1.29 is 0 Å². The zero-order chi connectivity index (χ0) is 31.7. The lowest BCUT2D eigenvalue weighted by atomic mass is 9.83. The SMILES string of the molecule is CC(C)(C)n1c2ccccc2c2ccc(N(c3ccc(C4CC5CCC4C5)cc3)c3ccc4cccc(-c5ccccc5)c4c3)cc21. The van der Waals surface area contributed by atoms with E-state index in [1.54, 1.807) is 0 Å². The number of benzene rings is 6. The Kier molecular flexibility index (Phi) is 6.57. The number of hydrogen-bond acceptors (Lipinski definition) is 1. The highest BCUT2D eigenvalue weighted by Crippen LogP contribution is 2.53. The van der Waals surface area contributed by atoms with Gasteiger partial charge in [-0.25, -0.2) is 0 Å². The second kappa shape index (κ2) is 10.9. The van der Waals surface area contributed by atoms with Gasteiger partial charge in [0.25, 0.3) is 0 Å². The number of para-hydroxylation sites is 1. The molecule has 1 heterocycles. The number of aromatic nitrogens is 1. The van der Waals surface area contributed by atoms with Crippen LogP contribution in [0.1, 0.15) is 57.9 Å². The fourth-order valence-electron chi connectivity index (χ4n) is 9.06. The summed E-state index contributed by atoms with van der Waals surface area (Å²) in [4.78, 5) is 2.47. The van der Waals surface area contributed by atoms with Crippen LogP contribution in [0.15, 0.2) is 133 Å². The van der Waals surface area contributed by atoms with Crippen LogP contribution in [0.4, 0.5) is 17.1 Å². The van der Waals surface area contributed by atoms with Gasteiger partial charge in [0.1, 0.15) is 0 Å². The minimum atomic E-state index is -0.0688. The molecule has 0 aliphatic heterocycles. The summed E-state index contributed by atoms with van der Waals surface area (Å²) in [6, 6.07) is 49.9. The van der Waals surface area contributed by atoms with Crippen molar-refractivity contribution in [1.82, 2.24) is 4.57 Å². The molecule has 2 heteroatoms. The van der Waals surface area contributed by atoms with E-state index < -0.39 is 0 Å². The van der Waals surface area contributed by atoms with Gasteiger partial charge in [-0.3, -0.25) is 0 Å². The Morgan fingerprint density at radius 3 is 2.06 bits per heavy atom. The van der Waals surface area contributed by atoms with Gasteiger partial charge in [0.05, 0.1) is 5.52 Å². The first-order valence-corrected chi connectivity index (χ1v) is 17.4. The lowest BCUT2D eigenvalue weighted by Crippen LogP contribution is -2.21. The number of rotatable bonds is 5. The monoisotopic (exact) mass is 610 g/mol. The Morgan fingerprint density at radius 1 is 0.574 bits per heavy atom. The van der Waals surface area contributed by atoms with Gasteiger partial charge in [-0.1, -0.05) is 97.4 Å². The molecule has 1 aromatic heterocycles. The summed E-state index contributed by atoms with van der Waals surface area (Å²) >= 11 is 0. The van der Waals surface area contributed by atoms with Crippen LogP contribution >= 0.6 is 0 Å². The normalized spacial score (nSPS) is 19.3. The largest absolute Gasteiger partial charge is 0.335 e. The second-order valence-corrected chi connectivity index (χ2v) is 15.0. The van der Waals surface area contributed by atoms with E-state index in [9.17, 15) is 0 Å².